The van der Waals surface area contributed by atoms with Crippen molar-refractivity contribution >= 4 is 11.6 Å². The van der Waals surface area contributed by atoms with Crippen LogP contribution >= 0.6 is 0 Å². The summed E-state index contributed by atoms with van der Waals surface area (Å²) in [6.07, 6.45) is 1.44. The van der Waals surface area contributed by atoms with Crippen molar-refractivity contribution < 1.29 is 18.3 Å². The molecule has 0 aliphatic rings. The van der Waals surface area contributed by atoms with Gasteiger partial charge < -0.3 is 10.1 Å². The summed E-state index contributed by atoms with van der Waals surface area (Å²) >= 11 is 0. The number of nitrogens with one attached hydrogen (secondary N) is 1. The van der Waals surface area contributed by atoms with Crippen LogP contribution in [0.25, 0.3) is 5.69 Å². The van der Waals surface area contributed by atoms with E-state index in [4.69, 9.17) is 0 Å². The molecule has 1 aromatic heterocycles. The minimum Gasteiger partial charge on any atom is -0.435 e. The fourth-order valence-electron chi connectivity index (χ4n) is 2.10. The van der Waals surface area contributed by atoms with E-state index in [0.29, 0.717) is 5.69 Å². The number of nitrogens with zero attached hydrogens (tertiary/aromatic N) is 3. The summed E-state index contributed by atoms with van der Waals surface area (Å²) in [5, 5.41) is 6.73. The number of hydrogen-bond donors (Lipinski definition) is 1. The van der Waals surface area contributed by atoms with Crippen molar-refractivity contribution in [3.63, 3.8) is 0 Å². The standard InChI is InChI=1S/C17H14F2N4O2/c1-11-2-6-13(7-3-11)23-10-20-15(22-23)16(24)21-12-4-8-14(9-5-12)25-17(18)19/h2-10,17H,1H3,(H,21,24). The van der Waals surface area contributed by atoms with Gasteiger partial charge in [0, 0.05) is 5.69 Å². The molecule has 0 unspecified atom stereocenters. The van der Waals surface area contributed by atoms with E-state index in [1.807, 2.05) is 31.2 Å². The Labute approximate surface area is 142 Å². The van der Waals surface area contributed by atoms with E-state index < -0.39 is 12.5 Å². The zero-order valence-electron chi connectivity index (χ0n) is 13.2. The molecule has 0 spiro atoms. The Morgan fingerprint density at radius 2 is 1.80 bits per heavy atom. The highest BCUT2D eigenvalue weighted by atomic mass is 19.3. The number of carbonyl (C=O) groups is 1. The Morgan fingerprint density at radius 3 is 2.44 bits per heavy atom. The van der Waals surface area contributed by atoms with E-state index in [-0.39, 0.29) is 11.6 Å². The van der Waals surface area contributed by atoms with Gasteiger partial charge in [-0.15, -0.1) is 5.10 Å². The summed E-state index contributed by atoms with van der Waals surface area (Å²) in [6, 6.07) is 13.2. The smallest absolute Gasteiger partial charge is 0.387 e. The van der Waals surface area contributed by atoms with Crippen LogP contribution in [0, 0.1) is 6.92 Å². The van der Waals surface area contributed by atoms with Gasteiger partial charge in [-0.2, -0.15) is 8.78 Å². The van der Waals surface area contributed by atoms with Crippen molar-refractivity contribution in [1.82, 2.24) is 14.8 Å². The van der Waals surface area contributed by atoms with E-state index in [9.17, 15) is 13.6 Å². The van der Waals surface area contributed by atoms with Crippen molar-refractivity contribution in [3.8, 4) is 11.4 Å². The molecule has 8 heteroatoms. The molecule has 3 aromatic rings. The van der Waals surface area contributed by atoms with Crippen molar-refractivity contribution in [2.24, 2.45) is 0 Å². The van der Waals surface area contributed by atoms with Gasteiger partial charge in [-0.3, -0.25) is 4.79 Å². The second-order valence-electron chi connectivity index (χ2n) is 5.21. The fourth-order valence-corrected chi connectivity index (χ4v) is 2.10. The van der Waals surface area contributed by atoms with Crippen molar-refractivity contribution in [2.45, 2.75) is 13.5 Å². The Kier molecular flexibility index (Phi) is 4.69. The first kappa shape index (κ1) is 16.6. The Morgan fingerprint density at radius 1 is 1.12 bits per heavy atom. The predicted molar refractivity (Wildman–Crippen MR) is 87.1 cm³/mol. The molecule has 1 N–H and O–H groups in total. The monoisotopic (exact) mass is 344 g/mol. The van der Waals surface area contributed by atoms with Crippen LogP contribution in [-0.2, 0) is 0 Å². The molecule has 128 valence electrons. The molecule has 0 aliphatic heterocycles. The molecular weight excluding hydrogens is 330 g/mol. The van der Waals surface area contributed by atoms with Crippen LogP contribution in [-0.4, -0.2) is 27.3 Å². The van der Waals surface area contributed by atoms with E-state index in [0.717, 1.165) is 11.3 Å². The number of alkyl halides is 2. The predicted octanol–water partition coefficient (Wildman–Crippen LogP) is 3.43. The largest absolute Gasteiger partial charge is 0.435 e. The lowest BCUT2D eigenvalue weighted by Gasteiger charge is -2.06. The number of rotatable bonds is 5. The molecule has 3 rings (SSSR count). The quantitative estimate of drug-likeness (QED) is 0.770. The zero-order chi connectivity index (χ0) is 17.8. The minimum absolute atomic E-state index is 0.00604. The topological polar surface area (TPSA) is 69.0 Å². The minimum atomic E-state index is -2.89. The average molecular weight is 344 g/mol. The van der Waals surface area contributed by atoms with Gasteiger partial charge in [0.2, 0.25) is 5.82 Å². The van der Waals surface area contributed by atoms with Gasteiger partial charge in [0.05, 0.1) is 5.69 Å². The lowest BCUT2D eigenvalue weighted by molar-refractivity contribution is -0.0498. The normalized spacial score (nSPS) is 10.7. The van der Waals surface area contributed by atoms with E-state index >= 15 is 0 Å². The fraction of sp³-hybridized carbons (Fsp3) is 0.118. The highest BCUT2D eigenvalue weighted by Crippen LogP contribution is 2.18. The summed E-state index contributed by atoms with van der Waals surface area (Å²) in [7, 11) is 0. The van der Waals surface area contributed by atoms with Crippen LogP contribution in [0.2, 0.25) is 0 Å². The maximum absolute atomic E-state index is 12.2. The molecule has 0 saturated carbocycles. The van der Waals surface area contributed by atoms with Crippen molar-refractivity contribution in [2.75, 3.05) is 5.32 Å². The van der Waals surface area contributed by atoms with E-state index in [2.05, 4.69) is 20.1 Å². The van der Waals surface area contributed by atoms with Crippen LogP contribution in [0.3, 0.4) is 0 Å². The van der Waals surface area contributed by atoms with Gasteiger partial charge in [0.25, 0.3) is 5.91 Å². The van der Waals surface area contributed by atoms with Gasteiger partial charge in [-0.1, -0.05) is 17.7 Å². The molecule has 25 heavy (non-hydrogen) atoms. The summed E-state index contributed by atoms with van der Waals surface area (Å²) < 4.78 is 30.0. The Hall–Kier alpha value is -3.29. The van der Waals surface area contributed by atoms with Crippen LogP contribution in [0.5, 0.6) is 5.75 Å². The van der Waals surface area contributed by atoms with Crippen LogP contribution < -0.4 is 10.1 Å². The van der Waals surface area contributed by atoms with Crippen LogP contribution in [0.15, 0.2) is 54.9 Å². The van der Waals surface area contributed by atoms with Crippen LogP contribution in [0.1, 0.15) is 16.2 Å². The highest BCUT2D eigenvalue weighted by molar-refractivity contribution is 6.01. The van der Waals surface area contributed by atoms with Gasteiger partial charge in [0.1, 0.15) is 12.1 Å². The number of benzene rings is 2. The summed E-state index contributed by atoms with van der Waals surface area (Å²) in [5.41, 5.74) is 2.31. The van der Waals surface area contributed by atoms with Crippen molar-refractivity contribution in [3.05, 3.63) is 66.2 Å². The van der Waals surface area contributed by atoms with Crippen molar-refractivity contribution in [1.29, 1.82) is 0 Å². The van der Waals surface area contributed by atoms with Gasteiger partial charge in [-0.05, 0) is 43.3 Å². The molecule has 1 amide bonds. The number of anilines is 1. The van der Waals surface area contributed by atoms with Gasteiger partial charge in [0.15, 0.2) is 0 Å². The van der Waals surface area contributed by atoms with Gasteiger partial charge >= 0.3 is 6.61 Å². The number of aromatic nitrogens is 3. The second-order valence-corrected chi connectivity index (χ2v) is 5.21. The Balaban J connectivity index is 1.68. The number of hydrogen-bond acceptors (Lipinski definition) is 4. The molecule has 6 nitrogen and oxygen atoms in total. The molecule has 0 aliphatic carbocycles. The maximum atomic E-state index is 12.2. The maximum Gasteiger partial charge on any atom is 0.387 e. The first-order valence-electron chi connectivity index (χ1n) is 7.36. The lowest BCUT2D eigenvalue weighted by atomic mass is 10.2. The first-order valence-corrected chi connectivity index (χ1v) is 7.36. The molecule has 0 atom stereocenters. The number of amides is 1. The molecule has 1 heterocycles. The number of aryl methyl sites for hydroxylation is 1. The highest BCUT2D eigenvalue weighted by Gasteiger charge is 2.13. The molecule has 2 aromatic carbocycles. The lowest BCUT2D eigenvalue weighted by Crippen LogP contribution is -2.14. The summed E-state index contributed by atoms with van der Waals surface area (Å²) in [5.74, 6) is -0.503. The van der Waals surface area contributed by atoms with Crippen LogP contribution in [0.4, 0.5) is 14.5 Å². The van der Waals surface area contributed by atoms with E-state index in [1.165, 1.54) is 35.3 Å². The average Bonchev–Trinajstić information content (AvgIpc) is 3.07. The third-order valence-corrected chi connectivity index (χ3v) is 3.33. The third-order valence-electron chi connectivity index (χ3n) is 3.33. The number of carbonyl (C=O) groups excluding carboxylic acids is 1. The number of ether oxygens (including phenoxy) is 1. The zero-order valence-corrected chi connectivity index (χ0v) is 13.2. The Bertz CT molecular complexity index is 861. The second kappa shape index (κ2) is 7.08. The molecule has 0 bridgehead atoms. The first-order chi connectivity index (χ1) is 12.0. The molecule has 0 fully saturated rings. The SMILES string of the molecule is Cc1ccc(-n2cnc(C(=O)Nc3ccc(OC(F)F)cc3)n2)cc1. The van der Waals surface area contributed by atoms with E-state index in [1.54, 1.807) is 0 Å². The van der Waals surface area contributed by atoms with Gasteiger partial charge in [-0.25, -0.2) is 9.67 Å². The summed E-state index contributed by atoms with van der Waals surface area (Å²) in [6.45, 7) is -0.919. The summed E-state index contributed by atoms with van der Waals surface area (Å²) in [4.78, 5) is 16.2. The molecule has 0 radical (unpaired) electrons. The molecular formula is C17H14F2N4O2. The number of halogens is 2. The third kappa shape index (κ3) is 4.17. The molecule has 0 saturated heterocycles.